The average molecular weight is 243 g/mol. The topological polar surface area (TPSA) is 21.3 Å². The fourth-order valence-corrected chi connectivity index (χ4v) is 1.60. The second kappa shape index (κ2) is 7.35. The van der Waals surface area contributed by atoms with Gasteiger partial charge >= 0.3 is 0 Å². The predicted molar refractivity (Wildman–Crippen MR) is 63.9 cm³/mol. The molecule has 0 aliphatic heterocycles. The lowest BCUT2D eigenvalue weighted by Gasteiger charge is -2.19. The van der Waals surface area contributed by atoms with Gasteiger partial charge in [-0.05, 0) is 37.6 Å². The van der Waals surface area contributed by atoms with E-state index >= 15 is 0 Å². The van der Waals surface area contributed by atoms with Crippen LogP contribution in [0.4, 0.5) is 8.78 Å². The molecule has 1 atom stereocenters. The highest BCUT2D eigenvalue weighted by atomic mass is 19.1. The van der Waals surface area contributed by atoms with Crippen LogP contribution in [0.1, 0.15) is 31.9 Å². The third-order valence-corrected chi connectivity index (χ3v) is 2.42. The molecule has 17 heavy (non-hydrogen) atoms. The van der Waals surface area contributed by atoms with Crippen molar-refractivity contribution in [2.24, 2.45) is 0 Å². The SMILES string of the molecule is CCCNC(COCC)c1cc(F)cc(F)c1. The average Bonchev–Trinajstić information content (AvgIpc) is 2.28. The Morgan fingerprint density at radius 2 is 1.82 bits per heavy atom. The molecule has 0 saturated heterocycles. The first-order chi connectivity index (χ1) is 8.17. The Labute approximate surface area is 101 Å². The number of benzene rings is 1. The summed E-state index contributed by atoms with van der Waals surface area (Å²) < 4.78 is 31.6. The Morgan fingerprint density at radius 3 is 2.35 bits per heavy atom. The van der Waals surface area contributed by atoms with Crippen molar-refractivity contribution >= 4 is 0 Å². The van der Waals surface area contributed by atoms with Crippen LogP contribution in [0.25, 0.3) is 0 Å². The van der Waals surface area contributed by atoms with Gasteiger partial charge in [-0.15, -0.1) is 0 Å². The van der Waals surface area contributed by atoms with Crippen LogP contribution >= 0.6 is 0 Å². The van der Waals surface area contributed by atoms with Crippen molar-refractivity contribution in [1.82, 2.24) is 5.32 Å². The minimum atomic E-state index is -0.556. The first kappa shape index (κ1) is 14.1. The Balaban J connectivity index is 2.78. The van der Waals surface area contributed by atoms with E-state index in [2.05, 4.69) is 5.32 Å². The van der Waals surface area contributed by atoms with E-state index in [0.717, 1.165) is 19.0 Å². The van der Waals surface area contributed by atoms with Gasteiger partial charge in [-0.1, -0.05) is 6.92 Å². The number of ether oxygens (including phenoxy) is 1. The van der Waals surface area contributed by atoms with Crippen LogP contribution in [0.3, 0.4) is 0 Å². The molecule has 0 aromatic heterocycles. The summed E-state index contributed by atoms with van der Waals surface area (Å²) in [5, 5.41) is 3.22. The Kier molecular flexibility index (Phi) is 6.08. The second-order valence-corrected chi connectivity index (χ2v) is 3.87. The van der Waals surface area contributed by atoms with Gasteiger partial charge in [0.05, 0.1) is 12.6 Å². The van der Waals surface area contributed by atoms with Gasteiger partial charge in [-0.2, -0.15) is 0 Å². The van der Waals surface area contributed by atoms with Crippen LogP contribution < -0.4 is 5.32 Å². The number of halogens is 2. The third kappa shape index (κ3) is 4.79. The van der Waals surface area contributed by atoms with Gasteiger partial charge in [-0.25, -0.2) is 8.78 Å². The van der Waals surface area contributed by atoms with Gasteiger partial charge in [0.1, 0.15) is 11.6 Å². The lowest BCUT2D eigenvalue weighted by molar-refractivity contribution is 0.123. The van der Waals surface area contributed by atoms with Gasteiger partial charge in [0, 0.05) is 12.7 Å². The summed E-state index contributed by atoms with van der Waals surface area (Å²) in [6.07, 6.45) is 0.959. The molecular weight excluding hydrogens is 224 g/mol. The Morgan fingerprint density at radius 1 is 1.18 bits per heavy atom. The molecule has 1 aromatic rings. The van der Waals surface area contributed by atoms with Crippen molar-refractivity contribution < 1.29 is 13.5 Å². The van der Waals surface area contributed by atoms with Crippen LogP contribution in [0, 0.1) is 11.6 Å². The number of hydrogen-bond acceptors (Lipinski definition) is 2. The number of hydrogen-bond donors (Lipinski definition) is 1. The van der Waals surface area contributed by atoms with Crippen LogP contribution in [-0.4, -0.2) is 19.8 Å². The quantitative estimate of drug-likeness (QED) is 0.794. The van der Waals surface area contributed by atoms with E-state index < -0.39 is 11.6 Å². The normalized spacial score (nSPS) is 12.7. The zero-order valence-electron chi connectivity index (χ0n) is 10.3. The van der Waals surface area contributed by atoms with Crippen LogP contribution in [0.2, 0.25) is 0 Å². The van der Waals surface area contributed by atoms with Crippen molar-refractivity contribution in [1.29, 1.82) is 0 Å². The van der Waals surface area contributed by atoms with Crippen LogP contribution in [0.5, 0.6) is 0 Å². The van der Waals surface area contributed by atoms with E-state index in [9.17, 15) is 8.78 Å². The Hall–Kier alpha value is -1.00. The molecule has 4 heteroatoms. The highest BCUT2D eigenvalue weighted by Gasteiger charge is 2.12. The fraction of sp³-hybridized carbons (Fsp3) is 0.538. The highest BCUT2D eigenvalue weighted by molar-refractivity contribution is 5.21. The van der Waals surface area contributed by atoms with Gasteiger partial charge < -0.3 is 10.1 Å². The highest BCUT2D eigenvalue weighted by Crippen LogP contribution is 2.17. The minimum Gasteiger partial charge on any atom is -0.380 e. The lowest BCUT2D eigenvalue weighted by Crippen LogP contribution is -2.26. The summed E-state index contributed by atoms with van der Waals surface area (Å²) >= 11 is 0. The summed E-state index contributed by atoms with van der Waals surface area (Å²) in [6, 6.07) is 3.39. The maximum Gasteiger partial charge on any atom is 0.126 e. The zero-order valence-corrected chi connectivity index (χ0v) is 10.3. The molecule has 0 spiro atoms. The summed E-state index contributed by atoms with van der Waals surface area (Å²) in [4.78, 5) is 0. The molecule has 1 N–H and O–H groups in total. The lowest BCUT2D eigenvalue weighted by atomic mass is 10.1. The summed E-state index contributed by atoms with van der Waals surface area (Å²) in [5.74, 6) is -1.11. The van der Waals surface area contributed by atoms with E-state index in [1.54, 1.807) is 0 Å². The molecule has 2 nitrogen and oxygen atoms in total. The molecule has 1 rings (SSSR count). The maximum atomic E-state index is 13.1. The van der Waals surface area contributed by atoms with Crippen LogP contribution in [-0.2, 0) is 4.74 Å². The molecule has 0 aliphatic carbocycles. The van der Waals surface area contributed by atoms with E-state index in [1.165, 1.54) is 12.1 Å². The molecule has 1 aromatic carbocycles. The minimum absolute atomic E-state index is 0.167. The van der Waals surface area contributed by atoms with Crippen LogP contribution in [0.15, 0.2) is 18.2 Å². The largest absolute Gasteiger partial charge is 0.380 e. The first-order valence-electron chi connectivity index (χ1n) is 5.94. The molecule has 0 saturated carbocycles. The Bertz CT molecular complexity index is 316. The molecule has 0 fully saturated rings. The second-order valence-electron chi connectivity index (χ2n) is 3.87. The molecule has 1 unspecified atom stereocenters. The third-order valence-electron chi connectivity index (χ3n) is 2.42. The van der Waals surface area contributed by atoms with Crippen molar-refractivity contribution in [3.63, 3.8) is 0 Å². The zero-order chi connectivity index (χ0) is 12.7. The van der Waals surface area contributed by atoms with Gasteiger partial charge in [0.25, 0.3) is 0 Å². The van der Waals surface area contributed by atoms with Crippen molar-refractivity contribution in [3.8, 4) is 0 Å². The molecule has 0 amide bonds. The smallest absolute Gasteiger partial charge is 0.126 e. The van der Waals surface area contributed by atoms with Gasteiger partial charge in [0.2, 0.25) is 0 Å². The van der Waals surface area contributed by atoms with Gasteiger partial charge in [0.15, 0.2) is 0 Å². The summed E-state index contributed by atoms with van der Waals surface area (Å²) in [6.45, 7) is 5.72. The summed E-state index contributed by atoms with van der Waals surface area (Å²) in [7, 11) is 0. The van der Waals surface area contributed by atoms with E-state index in [-0.39, 0.29) is 6.04 Å². The fourth-order valence-electron chi connectivity index (χ4n) is 1.60. The van der Waals surface area contributed by atoms with Crippen molar-refractivity contribution in [3.05, 3.63) is 35.4 Å². The molecule has 0 radical (unpaired) electrons. The van der Waals surface area contributed by atoms with E-state index in [0.29, 0.717) is 18.8 Å². The molecule has 0 heterocycles. The van der Waals surface area contributed by atoms with E-state index in [1.807, 2.05) is 13.8 Å². The standard InChI is InChI=1S/C13H19F2NO/c1-3-5-16-13(9-17-4-2)10-6-11(14)8-12(15)7-10/h6-8,13,16H,3-5,9H2,1-2H3. The number of nitrogens with one attached hydrogen (secondary N) is 1. The van der Waals surface area contributed by atoms with Crippen molar-refractivity contribution in [2.45, 2.75) is 26.3 Å². The maximum absolute atomic E-state index is 13.1. The molecule has 0 bridgehead atoms. The monoisotopic (exact) mass is 243 g/mol. The number of rotatable bonds is 7. The van der Waals surface area contributed by atoms with Gasteiger partial charge in [-0.3, -0.25) is 0 Å². The van der Waals surface area contributed by atoms with Crippen molar-refractivity contribution in [2.75, 3.05) is 19.8 Å². The van der Waals surface area contributed by atoms with E-state index in [4.69, 9.17) is 4.74 Å². The predicted octanol–water partition coefficient (Wildman–Crippen LogP) is 3.04. The molecular formula is C13H19F2NO. The molecule has 96 valence electrons. The summed E-state index contributed by atoms with van der Waals surface area (Å²) in [5.41, 5.74) is 0.587. The first-order valence-corrected chi connectivity index (χ1v) is 5.94. The molecule has 0 aliphatic rings.